The van der Waals surface area contributed by atoms with Gasteiger partial charge in [-0.3, -0.25) is 4.79 Å². The number of hydrogen-bond donors (Lipinski definition) is 2. The summed E-state index contributed by atoms with van der Waals surface area (Å²) in [7, 11) is 0. The van der Waals surface area contributed by atoms with Gasteiger partial charge in [-0.25, -0.2) is 4.79 Å². The summed E-state index contributed by atoms with van der Waals surface area (Å²) in [6.45, 7) is 0.248. The van der Waals surface area contributed by atoms with Crippen molar-refractivity contribution in [1.82, 2.24) is 5.32 Å². The lowest BCUT2D eigenvalue weighted by atomic mass is 9.84. The van der Waals surface area contributed by atoms with Crippen LogP contribution in [0.1, 0.15) is 36.3 Å². The Balaban J connectivity index is 1.29. The van der Waals surface area contributed by atoms with Crippen LogP contribution in [0.25, 0.3) is 11.1 Å². The van der Waals surface area contributed by atoms with Gasteiger partial charge in [0.2, 0.25) is 0 Å². The topological polar surface area (TPSA) is 75.6 Å². The van der Waals surface area contributed by atoms with E-state index in [2.05, 4.69) is 29.6 Å². The number of alkyl carbamates (subject to hydrolysis) is 1. The first-order valence-corrected chi connectivity index (χ1v) is 9.98. The second-order valence-corrected chi connectivity index (χ2v) is 8.19. The van der Waals surface area contributed by atoms with Crippen LogP contribution < -0.4 is 5.32 Å². The van der Waals surface area contributed by atoms with Gasteiger partial charge in [-0.1, -0.05) is 48.5 Å². The van der Waals surface area contributed by atoms with Crippen LogP contribution in [0.5, 0.6) is 0 Å². The van der Waals surface area contributed by atoms with E-state index >= 15 is 0 Å². The van der Waals surface area contributed by atoms with Crippen LogP contribution in [-0.2, 0) is 9.53 Å². The van der Waals surface area contributed by atoms with E-state index < -0.39 is 18.0 Å². The summed E-state index contributed by atoms with van der Waals surface area (Å²) in [6, 6.07) is 16.1. The normalized spacial score (nSPS) is 27.3. The Kier molecular flexibility index (Phi) is 4.11. The minimum Gasteiger partial charge on any atom is -0.481 e. The van der Waals surface area contributed by atoms with Gasteiger partial charge in [-0.05, 0) is 53.4 Å². The van der Waals surface area contributed by atoms with E-state index in [1.807, 2.05) is 24.3 Å². The van der Waals surface area contributed by atoms with Gasteiger partial charge in [0.1, 0.15) is 6.61 Å². The predicted molar refractivity (Wildman–Crippen MR) is 104 cm³/mol. The molecule has 2 N–H and O–H groups in total. The van der Waals surface area contributed by atoms with Crippen molar-refractivity contribution in [2.75, 3.05) is 6.61 Å². The third kappa shape index (κ3) is 2.68. The molecule has 3 aliphatic rings. The lowest BCUT2D eigenvalue weighted by molar-refractivity contribution is -0.144. The van der Waals surface area contributed by atoms with Gasteiger partial charge in [0.05, 0.1) is 5.92 Å². The molecule has 2 saturated carbocycles. The zero-order valence-electron chi connectivity index (χ0n) is 15.5. The molecule has 3 aliphatic carbocycles. The van der Waals surface area contributed by atoms with Crippen molar-refractivity contribution in [2.24, 2.45) is 17.8 Å². The van der Waals surface area contributed by atoms with Crippen molar-refractivity contribution in [3.63, 3.8) is 0 Å². The molecule has 0 saturated heterocycles. The molecular formula is C23H23NO4. The van der Waals surface area contributed by atoms with E-state index in [1.165, 1.54) is 22.3 Å². The lowest BCUT2D eigenvalue weighted by Crippen LogP contribution is -2.47. The third-order valence-corrected chi connectivity index (χ3v) is 6.83. The van der Waals surface area contributed by atoms with E-state index in [1.54, 1.807) is 0 Å². The molecule has 2 fully saturated rings. The van der Waals surface area contributed by atoms with E-state index in [9.17, 15) is 14.7 Å². The molecule has 2 bridgehead atoms. The minimum absolute atomic E-state index is 0.00782. The average molecular weight is 377 g/mol. The summed E-state index contributed by atoms with van der Waals surface area (Å²) in [5.41, 5.74) is 4.71. The Labute approximate surface area is 163 Å². The number of nitrogens with one attached hydrogen (secondary N) is 1. The van der Waals surface area contributed by atoms with Crippen LogP contribution in [0.15, 0.2) is 48.5 Å². The Hall–Kier alpha value is -2.82. The molecule has 0 heterocycles. The molecule has 5 nitrogen and oxygen atoms in total. The van der Waals surface area contributed by atoms with Crippen LogP contribution in [0.4, 0.5) is 4.79 Å². The highest BCUT2D eigenvalue weighted by molar-refractivity contribution is 5.79. The summed E-state index contributed by atoms with van der Waals surface area (Å²) in [5, 5.41) is 12.4. The fraction of sp³-hybridized carbons (Fsp3) is 0.391. The third-order valence-electron chi connectivity index (χ3n) is 6.83. The number of benzene rings is 2. The highest BCUT2D eigenvalue weighted by Gasteiger charge is 2.51. The van der Waals surface area contributed by atoms with Gasteiger partial charge >= 0.3 is 12.1 Å². The molecular weight excluding hydrogens is 354 g/mol. The number of carbonyl (C=O) groups is 2. The smallest absolute Gasteiger partial charge is 0.407 e. The molecule has 144 valence electrons. The zero-order chi connectivity index (χ0) is 19.3. The Bertz CT molecular complexity index is 894. The molecule has 5 rings (SSSR count). The van der Waals surface area contributed by atoms with Crippen molar-refractivity contribution in [2.45, 2.75) is 31.2 Å². The van der Waals surface area contributed by atoms with Gasteiger partial charge < -0.3 is 15.2 Å². The first kappa shape index (κ1) is 17.3. The second kappa shape index (κ2) is 6.66. The number of amides is 1. The minimum atomic E-state index is -0.809. The monoisotopic (exact) mass is 377 g/mol. The molecule has 2 unspecified atom stereocenters. The van der Waals surface area contributed by atoms with Crippen molar-refractivity contribution >= 4 is 12.1 Å². The number of carboxylic acids is 1. The number of carboxylic acid groups (broad SMARTS) is 1. The summed E-state index contributed by atoms with van der Waals surface area (Å²) in [6.07, 6.45) is 2.32. The molecule has 28 heavy (non-hydrogen) atoms. The maximum absolute atomic E-state index is 12.5. The molecule has 2 aromatic carbocycles. The predicted octanol–water partition coefficient (Wildman–Crippen LogP) is 4.02. The van der Waals surface area contributed by atoms with Crippen molar-refractivity contribution in [1.29, 1.82) is 0 Å². The molecule has 5 heteroatoms. The summed E-state index contributed by atoms with van der Waals surface area (Å²) in [5.74, 6) is -0.850. The van der Waals surface area contributed by atoms with Crippen molar-refractivity contribution < 1.29 is 19.4 Å². The molecule has 0 aliphatic heterocycles. The molecule has 0 spiro atoms. The van der Waals surface area contributed by atoms with Crippen LogP contribution in [0, 0.1) is 17.8 Å². The molecule has 1 amide bonds. The average Bonchev–Trinajstić information content (AvgIpc) is 3.38. The van der Waals surface area contributed by atoms with Crippen LogP contribution in [-0.4, -0.2) is 29.8 Å². The number of rotatable bonds is 4. The number of aliphatic carboxylic acids is 1. The maximum atomic E-state index is 12.5. The second-order valence-electron chi connectivity index (χ2n) is 8.19. The lowest BCUT2D eigenvalue weighted by Gasteiger charge is -2.28. The standard InChI is InChI=1S/C23H23NO4/c25-22(26)20-13-9-10-14(11-13)21(20)24-23(27)28-12-19-17-7-3-1-5-15(17)16-6-2-4-8-18(16)19/h1-8,13-14,19-21H,9-12H2,(H,24,27)(H,25,26)/t13?,14?,20-,21+/m1/s1. The first-order valence-electron chi connectivity index (χ1n) is 9.98. The Morgan fingerprint density at radius 1 is 0.964 bits per heavy atom. The SMILES string of the molecule is O=C(N[C@H]1C2CCC(C2)[C@H]1C(=O)O)OCC1c2ccccc2-c2ccccc21. The molecule has 0 radical (unpaired) electrons. The van der Waals surface area contributed by atoms with Gasteiger partial charge in [-0.2, -0.15) is 0 Å². The number of ether oxygens (including phenoxy) is 1. The van der Waals surface area contributed by atoms with Crippen molar-refractivity contribution in [3.8, 4) is 11.1 Å². The van der Waals surface area contributed by atoms with E-state index in [0.717, 1.165) is 19.3 Å². The zero-order valence-corrected chi connectivity index (χ0v) is 15.5. The van der Waals surface area contributed by atoms with Gasteiger partial charge in [0, 0.05) is 12.0 Å². The largest absolute Gasteiger partial charge is 0.481 e. The summed E-state index contributed by atoms with van der Waals surface area (Å²) in [4.78, 5) is 24.1. The fourth-order valence-electron chi connectivity index (χ4n) is 5.63. The van der Waals surface area contributed by atoms with Crippen LogP contribution in [0.3, 0.4) is 0 Å². The quantitative estimate of drug-likeness (QED) is 0.844. The molecule has 0 aromatic heterocycles. The van der Waals surface area contributed by atoms with E-state index in [-0.39, 0.29) is 30.4 Å². The number of hydrogen-bond acceptors (Lipinski definition) is 3. The summed E-state index contributed by atoms with van der Waals surface area (Å²) < 4.78 is 5.59. The number of carbonyl (C=O) groups excluding carboxylic acids is 1. The highest BCUT2D eigenvalue weighted by atomic mass is 16.5. The van der Waals surface area contributed by atoms with E-state index in [4.69, 9.17) is 4.74 Å². The van der Waals surface area contributed by atoms with Gasteiger partial charge in [0.15, 0.2) is 0 Å². The number of fused-ring (bicyclic) bond motifs is 5. The van der Waals surface area contributed by atoms with Gasteiger partial charge in [0.25, 0.3) is 0 Å². The van der Waals surface area contributed by atoms with Crippen LogP contribution in [0.2, 0.25) is 0 Å². The maximum Gasteiger partial charge on any atom is 0.407 e. The Morgan fingerprint density at radius 3 is 2.21 bits per heavy atom. The van der Waals surface area contributed by atoms with Crippen molar-refractivity contribution in [3.05, 3.63) is 59.7 Å². The van der Waals surface area contributed by atoms with E-state index in [0.29, 0.717) is 0 Å². The van der Waals surface area contributed by atoms with Crippen LogP contribution >= 0.6 is 0 Å². The molecule has 4 atom stereocenters. The van der Waals surface area contributed by atoms with Gasteiger partial charge in [-0.15, -0.1) is 0 Å². The highest BCUT2D eigenvalue weighted by Crippen LogP contribution is 2.49. The Morgan fingerprint density at radius 2 is 1.57 bits per heavy atom. The fourth-order valence-corrected chi connectivity index (χ4v) is 5.63. The molecule has 2 aromatic rings. The summed E-state index contributed by atoms with van der Waals surface area (Å²) >= 11 is 0. The first-order chi connectivity index (χ1) is 13.6.